The number of carbonyl (C=O) groups excluding carboxylic acids is 1. The molecule has 5 heteroatoms. The number of aromatic nitrogens is 3. The van der Waals surface area contributed by atoms with E-state index in [0.29, 0.717) is 16.9 Å². The molecule has 72 valence electrons. The Morgan fingerprint density at radius 1 is 1.50 bits per heavy atom. The first-order chi connectivity index (χ1) is 6.72. The number of ether oxygens (including phenoxy) is 1. The number of hydrogen-bond donors (Lipinski definition) is 0. The van der Waals surface area contributed by atoms with Crippen LogP contribution in [0.3, 0.4) is 0 Å². The zero-order valence-electron chi connectivity index (χ0n) is 7.89. The second kappa shape index (κ2) is 3.10. The van der Waals surface area contributed by atoms with Crippen molar-refractivity contribution in [2.24, 2.45) is 0 Å². The van der Waals surface area contributed by atoms with Gasteiger partial charge in [-0.3, -0.25) is 4.79 Å². The van der Waals surface area contributed by atoms with Crippen molar-refractivity contribution in [3.63, 3.8) is 0 Å². The molecular weight excluding hydrogens is 182 g/mol. The molecule has 0 radical (unpaired) electrons. The smallest absolute Gasteiger partial charge is 0.244 e. The molecule has 0 bridgehead atoms. The Kier molecular flexibility index (Phi) is 1.92. The molecule has 2 rings (SSSR count). The molecule has 0 aliphatic rings. The Balaban J connectivity index is 2.65. The van der Waals surface area contributed by atoms with Gasteiger partial charge in [-0.15, -0.1) is 0 Å². The first kappa shape index (κ1) is 8.68. The van der Waals surface area contributed by atoms with Crippen molar-refractivity contribution < 1.29 is 9.53 Å². The summed E-state index contributed by atoms with van der Waals surface area (Å²) >= 11 is 0. The number of pyridine rings is 1. The van der Waals surface area contributed by atoms with Gasteiger partial charge in [0.25, 0.3) is 0 Å². The van der Waals surface area contributed by atoms with Gasteiger partial charge < -0.3 is 4.74 Å². The Morgan fingerprint density at radius 3 is 2.93 bits per heavy atom. The van der Waals surface area contributed by atoms with Gasteiger partial charge in [0, 0.05) is 13.0 Å². The molecule has 0 atom stereocenters. The summed E-state index contributed by atoms with van der Waals surface area (Å²) in [6.45, 7) is 1.46. The molecule has 0 aliphatic carbocycles. The normalized spacial score (nSPS) is 10.4. The van der Waals surface area contributed by atoms with Gasteiger partial charge in [0.1, 0.15) is 5.52 Å². The minimum atomic E-state index is -0.132. The highest BCUT2D eigenvalue weighted by atomic mass is 16.5. The molecule has 14 heavy (non-hydrogen) atoms. The van der Waals surface area contributed by atoms with Crippen LogP contribution in [0.4, 0.5) is 0 Å². The van der Waals surface area contributed by atoms with E-state index < -0.39 is 0 Å². The predicted molar refractivity (Wildman–Crippen MR) is 50.4 cm³/mol. The Bertz CT molecular complexity index is 490. The van der Waals surface area contributed by atoms with Crippen LogP contribution in [0, 0.1) is 0 Å². The summed E-state index contributed by atoms with van der Waals surface area (Å²) in [5.41, 5.74) is 1.35. The molecule has 2 aromatic rings. The summed E-state index contributed by atoms with van der Waals surface area (Å²) in [6.07, 6.45) is 1.54. The molecule has 0 N–H and O–H groups in total. The monoisotopic (exact) mass is 191 g/mol. The number of fused-ring (bicyclic) bond motifs is 1. The lowest BCUT2D eigenvalue weighted by Gasteiger charge is -1.98. The third-order valence-corrected chi connectivity index (χ3v) is 1.91. The highest BCUT2D eigenvalue weighted by Crippen LogP contribution is 2.15. The van der Waals surface area contributed by atoms with Crippen LogP contribution in [0.25, 0.3) is 11.0 Å². The highest BCUT2D eigenvalue weighted by Gasteiger charge is 2.07. The molecule has 0 saturated heterocycles. The number of carbonyl (C=O) groups is 1. The largest absolute Gasteiger partial charge is 0.481 e. The number of methoxy groups -OCH3 is 1. The lowest BCUT2D eigenvalue weighted by molar-refractivity contribution is 0.0927. The van der Waals surface area contributed by atoms with Gasteiger partial charge in [-0.25, -0.2) is 4.98 Å². The maximum absolute atomic E-state index is 11.1. The van der Waals surface area contributed by atoms with Crippen molar-refractivity contribution in [3.8, 4) is 5.88 Å². The Labute approximate surface area is 80.3 Å². The third-order valence-electron chi connectivity index (χ3n) is 1.91. The maximum atomic E-state index is 11.1. The fourth-order valence-corrected chi connectivity index (χ4v) is 1.26. The fourth-order valence-electron chi connectivity index (χ4n) is 1.26. The first-order valence-corrected chi connectivity index (χ1v) is 4.12. The molecule has 0 fully saturated rings. The number of nitrogens with zero attached hydrogens (tertiary/aromatic N) is 3. The average Bonchev–Trinajstić information content (AvgIpc) is 2.59. The van der Waals surface area contributed by atoms with Crippen LogP contribution >= 0.6 is 0 Å². The second-order valence-corrected chi connectivity index (χ2v) is 2.83. The summed E-state index contributed by atoms with van der Waals surface area (Å²) in [6, 6.07) is 3.46. The topological polar surface area (TPSA) is 57.0 Å². The van der Waals surface area contributed by atoms with Crippen LogP contribution in [0.1, 0.15) is 11.7 Å². The van der Waals surface area contributed by atoms with Gasteiger partial charge >= 0.3 is 0 Å². The summed E-state index contributed by atoms with van der Waals surface area (Å²) in [4.78, 5) is 15.3. The predicted octanol–water partition coefficient (Wildman–Crippen LogP) is 1.10. The molecular formula is C9H9N3O2. The standard InChI is InChI=1S/C9H9N3O2/c1-6(13)12-8-3-4-9(14-2)11-7(8)5-10-12/h3-5H,1-2H3. The van der Waals surface area contributed by atoms with Gasteiger partial charge in [-0.05, 0) is 6.07 Å². The first-order valence-electron chi connectivity index (χ1n) is 4.12. The number of hydrogen-bond acceptors (Lipinski definition) is 4. The van der Waals surface area contributed by atoms with Crippen molar-refractivity contribution in [2.75, 3.05) is 7.11 Å². The van der Waals surface area contributed by atoms with Crippen molar-refractivity contribution in [3.05, 3.63) is 18.3 Å². The zero-order chi connectivity index (χ0) is 10.1. The fraction of sp³-hybridized carbons (Fsp3) is 0.222. The molecule has 0 aliphatic heterocycles. The van der Waals surface area contributed by atoms with Crippen LogP contribution in [0.15, 0.2) is 18.3 Å². The molecule has 0 saturated carbocycles. The summed E-state index contributed by atoms with van der Waals surface area (Å²) in [5.74, 6) is 0.382. The van der Waals surface area contributed by atoms with E-state index in [0.717, 1.165) is 0 Å². The van der Waals surface area contributed by atoms with Crippen molar-refractivity contribution in [1.82, 2.24) is 14.8 Å². The average molecular weight is 191 g/mol. The van der Waals surface area contributed by atoms with Gasteiger partial charge in [0.2, 0.25) is 11.8 Å². The van der Waals surface area contributed by atoms with E-state index in [9.17, 15) is 4.79 Å². The molecule has 0 spiro atoms. The van der Waals surface area contributed by atoms with Gasteiger partial charge in [0.05, 0.1) is 18.8 Å². The van der Waals surface area contributed by atoms with E-state index in [2.05, 4.69) is 10.1 Å². The van der Waals surface area contributed by atoms with Gasteiger partial charge in [-0.1, -0.05) is 0 Å². The summed E-state index contributed by atoms with van der Waals surface area (Å²) in [7, 11) is 1.55. The lowest BCUT2D eigenvalue weighted by atomic mass is 10.4. The highest BCUT2D eigenvalue weighted by molar-refractivity contribution is 5.87. The molecule has 0 amide bonds. The van der Waals surface area contributed by atoms with Gasteiger partial charge in [0.15, 0.2) is 0 Å². The van der Waals surface area contributed by atoms with Crippen molar-refractivity contribution in [2.45, 2.75) is 6.92 Å². The Morgan fingerprint density at radius 2 is 2.29 bits per heavy atom. The van der Waals surface area contributed by atoms with Crippen molar-refractivity contribution >= 4 is 16.9 Å². The molecule has 2 heterocycles. The van der Waals surface area contributed by atoms with E-state index in [-0.39, 0.29) is 5.91 Å². The summed E-state index contributed by atoms with van der Waals surface area (Å²) < 4.78 is 6.27. The van der Waals surface area contributed by atoms with E-state index in [1.54, 1.807) is 25.4 Å². The SMILES string of the molecule is COc1ccc2c(cnn2C(C)=O)n1. The van der Waals surface area contributed by atoms with Crippen LogP contribution in [-0.4, -0.2) is 27.8 Å². The van der Waals surface area contributed by atoms with Crippen LogP contribution < -0.4 is 4.74 Å². The zero-order valence-corrected chi connectivity index (χ0v) is 7.89. The van der Waals surface area contributed by atoms with Crippen LogP contribution in [-0.2, 0) is 0 Å². The van der Waals surface area contributed by atoms with E-state index in [4.69, 9.17) is 4.74 Å². The number of rotatable bonds is 1. The van der Waals surface area contributed by atoms with E-state index >= 15 is 0 Å². The van der Waals surface area contributed by atoms with Crippen LogP contribution in [0.2, 0.25) is 0 Å². The molecule has 0 unspecified atom stereocenters. The summed E-state index contributed by atoms with van der Waals surface area (Å²) in [5, 5.41) is 3.92. The van der Waals surface area contributed by atoms with Crippen molar-refractivity contribution in [1.29, 1.82) is 0 Å². The molecule has 5 nitrogen and oxygen atoms in total. The molecule has 0 aromatic carbocycles. The van der Waals surface area contributed by atoms with Crippen LogP contribution in [0.5, 0.6) is 5.88 Å². The Hall–Kier alpha value is -1.91. The quantitative estimate of drug-likeness (QED) is 0.677. The maximum Gasteiger partial charge on any atom is 0.244 e. The van der Waals surface area contributed by atoms with E-state index in [1.165, 1.54) is 11.6 Å². The lowest BCUT2D eigenvalue weighted by Crippen LogP contribution is -2.06. The third kappa shape index (κ3) is 1.22. The minimum Gasteiger partial charge on any atom is -0.481 e. The van der Waals surface area contributed by atoms with E-state index in [1.807, 2.05) is 0 Å². The minimum absolute atomic E-state index is 0.132. The van der Waals surface area contributed by atoms with Gasteiger partial charge in [-0.2, -0.15) is 9.78 Å². The molecule has 2 aromatic heterocycles. The second-order valence-electron chi connectivity index (χ2n) is 2.83.